The molecular formula is C16H24F2N2. The van der Waals surface area contributed by atoms with Crippen molar-refractivity contribution in [2.24, 2.45) is 0 Å². The second kappa shape index (κ2) is 6.64. The van der Waals surface area contributed by atoms with Gasteiger partial charge >= 0.3 is 0 Å². The van der Waals surface area contributed by atoms with Gasteiger partial charge in [-0.2, -0.15) is 0 Å². The van der Waals surface area contributed by atoms with Crippen LogP contribution >= 0.6 is 0 Å². The van der Waals surface area contributed by atoms with Gasteiger partial charge in [-0.15, -0.1) is 0 Å². The Balaban J connectivity index is 2.03. The van der Waals surface area contributed by atoms with E-state index in [4.69, 9.17) is 0 Å². The van der Waals surface area contributed by atoms with E-state index in [0.29, 0.717) is 17.6 Å². The van der Waals surface area contributed by atoms with Gasteiger partial charge in [0, 0.05) is 29.8 Å². The highest BCUT2D eigenvalue weighted by Gasteiger charge is 2.27. The van der Waals surface area contributed by atoms with E-state index in [1.807, 2.05) is 21.0 Å². The molecule has 0 bridgehead atoms. The maximum Gasteiger partial charge on any atom is 0.130 e. The molecule has 0 amide bonds. The largest absolute Gasteiger partial charge is 0.317 e. The molecule has 1 aliphatic rings. The van der Waals surface area contributed by atoms with Crippen molar-refractivity contribution in [3.8, 4) is 0 Å². The fourth-order valence-corrected chi connectivity index (χ4v) is 3.15. The molecule has 1 aromatic carbocycles. The molecule has 4 heteroatoms. The molecule has 112 valence electrons. The first-order chi connectivity index (χ1) is 9.52. The summed E-state index contributed by atoms with van der Waals surface area (Å²) in [5.74, 6) is -0.969. The highest BCUT2D eigenvalue weighted by molar-refractivity contribution is 5.21. The highest BCUT2D eigenvalue weighted by Crippen LogP contribution is 2.30. The average molecular weight is 282 g/mol. The zero-order valence-corrected chi connectivity index (χ0v) is 12.5. The van der Waals surface area contributed by atoms with Gasteiger partial charge in [0.1, 0.15) is 11.6 Å². The molecule has 0 spiro atoms. The summed E-state index contributed by atoms with van der Waals surface area (Å²) in [6.45, 7) is 1.99. The van der Waals surface area contributed by atoms with E-state index < -0.39 is 11.6 Å². The second-order valence-electron chi connectivity index (χ2n) is 5.80. The van der Waals surface area contributed by atoms with Gasteiger partial charge < -0.3 is 5.32 Å². The Morgan fingerprint density at radius 1 is 1.20 bits per heavy atom. The minimum absolute atomic E-state index is 0.0354. The number of rotatable bonds is 4. The molecule has 0 aromatic heterocycles. The van der Waals surface area contributed by atoms with Crippen molar-refractivity contribution in [1.29, 1.82) is 0 Å². The molecule has 0 heterocycles. The molecule has 0 radical (unpaired) electrons. The van der Waals surface area contributed by atoms with E-state index in [-0.39, 0.29) is 6.04 Å². The number of halogens is 2. The Morgan fingerprint density at radius 2 is 1.85 bits per heavy atom. The van der Waals surface area contributed by atoms with Gasteiger partial charge in [0.2, 0.25) is 0 Å². The lowest BCUT2D eigenvalue weighted by molar-refractivity contribution is 0.134. The predicted molar refractivity (Wildman–Crippen MR) is 77.6 cm³/mol. The van der Waals surface area contributed by atoms with E-state index >= 15 is 0 Å². The van der Waals surface area contributed by atoms with Crippen LogP contribution in [0.2, 0.25) is 0 Å². The van der Waals surface area contributed by atoms with Crippen molar-refractivity contribution in [3.63, 3.8) is 0 Å². The van der Waals surface area contributed by atoms with Crippen LogP contribution in [0.25, 0.3) is 0 Å². The maximum atomic E-state index is 13.9. The zero-order chi connectivity index (χ0) is 14.7. The lowest BCUT2D eigenvalue weighted by Gasteiger charge is -2.38. The number of benzene rings is 1. The van der Waals surface area contributed by atoms with Crippen LogP contribution in [0.5, 0.6) is 0 Å². The summed E-state index contributed by atoms with van der Waals surface area (Å²) in [6.07, 6.45) is 4.55. The first kappa shape index (κ1) is 15.4. The average Bonchev–Trinajstić information content (AvgIpc) is 2.46. The van der Waals surface area contributed by atoms with Crippen LogP contribution in [0.3, 0.4) is 0 Å². The molecule has 0 saturated heterocycles. The van der Waals surface area contributed by atoms with Crippen LogP contribution in [-0.2, 0) is 0 Å². The summed E-state index contributed by atoms with van der Waals surface area (Å²) in [5.41, 5.74) is 0.574. The maximum absolute atomic E-state index is 13.9. The SMILES string of the molecule is CNC1CCC(N(C)C(C)c2ccc(F)cc2F)CC1. The number of nitrogens with one attached hydrogen (secondary N) is 1. The number of hydrogen-bond donors (Lipinski definition) is 1. The van der Waals surface area contributed by atoms with Crippen LogP contribution in [0, 0.1) is 11.6 Å². The Bertz CT molecular complexity index is 442. The highest BCUT2D eigenvalue weighted by atomic mass is 19.1. The molecule has 2 nitrogen and oxygen atoms in total. The van der Waals surface area contributed by atoms with Gasteiger partial charge in [-0.25, -0.2) is 8.78 Å². The van der Waals surface area contributed by atoms with Crippen LogP contribution in [0.4, 0.5) is 8.78 Å². The Kier molecular flexibility index (Phi) is 5.11. The fraction of sp³-hybridized carbons (Fsp3) is 0.625. The van der Waals surface area contributed by atoms with E-state index in [1.54, 1.807) is 6.07 Å². The molecule has 1 unspecified atom stereocenters. The van der Waals surface area contributed by atoms with Crippen molar-refractivity contribution < 1.29 is 8.78 Å². The minimum atomic E-state index is -0.518. The van der Waals surface area contributed by atoms with Gasteiger partial charge in [0.05, 0.1) is 0 Å². The minimum Gasteiger partial charge on any atom is -0.317 e. The third-order valence-electron chi connectivity index (χ3n) is 4.70. The normalized spacial score (nSPS) is 24.9. The molecule has 1 N–H and O–H groups in total. The zero-order valence-electron chi connectivity index (χ0n) is 12.5. The van der Waals surface area contributed by atoms with Crippen molar-refractivity contribution in [1.82, 2.24) is 10.2 Å². The van der Waals surface area contributed by atoms with E-state index in [1.165, 1.54) is 6.07 Å². The molecule has 1 aliphatic carbocycles. The van der Waals surface area contributed by atoms with Crippen molar-refractivity contribution in [2.45, 2.75) is 50.7 Å². The lowest BCUT2D eigenvalue weighted by Crippen LogP contribution is -2.41. The molecule has 1 aromatic rings. The van der Waals surface area contributed by atoms with Crippen LogP contribution in [0.15, 0.2) is 18.2 Å². The summed E-state index contributed by atoms with van der Waals surface area (Å²) in [4.78, 5) is 2.22. The monoisotopic (exact) mass is 282 g/mol. The molecule has 1 saturated carbocycles. The summed E-state index contributed by atoms with van der Waals surface area (Å²) in [6, 6.07) is 4.91. The first-order valence-corrected chi connectivity index (χ1v) is 7.37. The third kappa shape index (κ3) is 3.36. The van der Waals surface area contributed by atoms with E-state index in [2.05, 4.69) is 10.2 Å². The second-order valence-corrected chi connectivity index (χ2v) is 5.80. The Hall–Kier alpha value is -1.00. The number of hydrogen-bond acceptors (Lipinski definition) is 2. The van der Waals surface area contributed by atoms with Crippen molar-refractivity contribution >= 4 is 0 Å². The topological polar surface area (TPSA) is 15.3 Å². The summed E-state index contributed by atoms with van der Waals surface area (Å²) in [7, 11) is 4.04. The Morgan fingerprint density at radius 3 is 2.40 bits per heavy atom. The Labute approximate surface area is 120 Å². The first-order valence-electron chi connectivity index (χ1n) is 7.37. The molecule has 20 heavy (non-hydrogen) atoms. The number of nitrogens with zero attached hydrogens (tertiary/aromatic N) is 1. The van der Waals surface area contributed by atoms with Crippen LogP contribution in [0.1, 0.15) is 44.2 Å². The van der Waals surface area contributed by atoms with Gasteiger partial charge in [0.15, 0.2) is 0 Å². The third-order valence-corrected chi connectivity index (χ3v) is 4.70. The smallest absolute Gasteiger partial charge is 0.130 e. The van der Waals surface area contributed by atoms with Crippen LogP contribution in [-0.4, -0.2) is 31.1 Å². The van der Waals surface area contributed by atoms with Gasteiger partial charge in [0.25, 0.3) is 0 Å². The molecular weight excluding hydrogens is 258 g/mol. The quantitative estimate of drug-likeness (QED) is 0.909. The van der Waals surface area contributed by atoms with Gasteiger partial charge in [-0.1, -0.05) is 6.07 Å². The fourth-order valence-electron chi connectivity index (χ4n) is 3.15. The van der Waals surface area contributed by atoms with Crippen molar-refractivity contribution in [2.75, 3.05) is 14.1 Å². The predicted octanol–water partition coefficient (Wildman–Crippen LogP) is 3.49. The molecule has 2 rings (SSSR count). The summed E-state index contributed by atoms with van der Waals surface area (Å²) < 4.78 is 26.9. The van der Waals surface area contributed by atoms with Gasteiger partial charge in [-0.05, 0) is 52.8 Å². The van der Waals surface area contributed by atoms with Gasteiger partial charge in [-0.3, -0.25) is 4.90 Å². The van der Waals surface area contributed by atoms with Crippen molar-refractivity contribution in [3.05, 3.63) is 35.4 Å². The van der Waals surface area contributed by atoms with E-state index in [9.17, 15) is 8.78 Å². The summed E-state index contributed by atoms with van der Waals surface area (Å²) >= 11 is 0. The lowest BCUT2D eigenvalue weighted by atomic mass is 9.89. The molecule has 1 fully saturated rings. The van der Waals surface area contributed by atoms with Crippen LogP contribution < -0.4 is 5.32 Å². The van der Waals surface area contributed by atoms with E-state index in [0.717, 1.165) is 31.7 Å². The summed E-state index contributed by atoms with van der Waals surface area (Å²) in [5, 5.41) is 3.32. The molecule has 0 aliphatic heterocycles. The molecule has 1 atom stereocenters. The standard InChI is InChI=1S/C16H24F2N2/c1-11(15-9-4-12(17)10-16(15)18)20(3)14-7-5-13(19-2)6-8-14/h4,9-11,13-14,19H,5-8H2,1-3H3.